The Labute approximate surface area is 106 Å². The zero-order valence-corrected chi connectivity index (χ0v) is 10.8. The maximum Gasteiger partial charge on any atom is 0.223 e. The van der Waals surface area contributed by atoms with E-state index in [0.29, 0.717) is 18.7 Å². The van der Waals surface area contributed by atoms with Crippen molar-refractivity contribution in [3.8, 4) is 5.75 Å². The average Bonchev–Trinajstić information content (AvgIpc) is 2.29. The van der Waals surface area contributed by atoms with Gasteiger partial charge in [0.05, 0.1) is 7.11 Å². The van der Waals surface area contributed by atoms with Crippen LogP contribution in [-0.4, -0.2) is 30.7 Å². The highest BCUT2D eigenvalue weighted by atomic mass is 32.1. The molecule has 0 unspecified atom stereocenters. The Morgan fingerprint density at radius 1 is 1.53 bits per heavy atom. The SMILES string of the molecule is COc1ccc(CN(C)C(=O)CCS)cc1F. The molecule has 1 aromatic carbocycles. The van der Waals surface area contributed by atoms with Gasteiger partial charge in [-0.25, -0.2) is 4.39 Å². The molecular formula is C12H16FNO2S. The van der Waals surface area contributed by atoms with E-state index in [1.165, 1.54) is 13.2 Å². The van der Waals surface area contributed by atoms with Crippen molar-refractivity contribution in [3.63, 3.8) is 0 Å². The van der Waals surface area contributed by atoms with Crippen LogP contribution < -0.4 is 4.74 Å². The highest BCUT2D eigenvalue weighted by Crippen LogP contribution is 2.18. The molecule has 0 fully saturated rings. The van der Waals surface area contributed by atoms with Crippen LogP contribution in [0, 0.1) is 5.82 Å². The molecule has 1 amide bonds. The van der Waals surface area contributed by atoms with E-state index in [0.717, 1.165) is 5.56 Å². The van der Waals surface area contributed by atoms with Crippen molar-refractivity contribution in [2.75, 3.05) is 19.9 Å². The minimum Gasteiger partial charge on any atom is -0.494 e. The van der Waals surface area contributed by atoms with E-state index < -0.39 is 5.82 Å². The first-order valence-electron chi connectivity index (χ1n) is 5.25. The molecule has 0 saturated heterocycles. The highest BCUT2D eigenvalue weighted by Gasteiger charge is 2.10. The standard InChI is InChI=1S/C12H16FNO2S/c1-14(12(15)5-6-17)8-9-3-4-11(16-2)10(13)7-9/h3-4,7,17H,5-6,8H2,1-2H3. The van der Waals surface area contributed by atoms with Crippen LogP contribution in [0.25, 0.3) is 0 Å². The summed E-state index contributed by atoms with van der Waals surface area (Å²) < 4.78 is 18.2. The number of carbonyl (C=O) groups is 1. The summed E-state index contributed by atoms with van der Waals surface area (Å²) in [6.45, 7) is 0.382. The van der Waals surface area contributed by atoms with Gasteiger partial charge < -0.3 is 9.64 Å². The highest BCUT2D eigenvalue weighted by molar-refractivity contribution is 7.80. The minimum atomic E-state index is -0.417. The Balaban J connectivity index is 2.68. The molecule has 0 radical (unpaired) electrons. The van der Waals surface area contributed by atoms with E-state index in [-0.39, 0.29) is 11.7 Å². The number of hydrogen-bond acceptors (Lipinski definition) is 3. The third-order valence-corrected chi connectivity index (χ3v) is 2.61. The van der Waals surface area contributed by atoms with E-state index in [1.54, 1.807) is 24.1 Å². The van der Waals surface area contributed by atoms with E-state index in [4.69, 9.17) is 4.74 Å². The Morgan fingerprint density at radius 2 is 2.24 bits per heavy atom. The first kappa shape index (κ1) is 13.8. The summed E-state index contributed by atoms with van der Waals surface area (Å²) in [5, 5.41) is 0. The van der Waals surface area contributed by atoms with Gasteiger partial charge in [-0.15, -0.1) is 0 Å². The summed E-state index contributed by atoms with van der Waals surface area (Å²) in [6.07, 6.45) is 0.387. The molecule has 0 N–H and O–H groups in total. The van der Waals surface area contributed by atoms with Gasteiger partial charge in [-0.2, -0.15) is 12.6 Å². The molecule has 0 heterocycles. The number of hydrogen-bond donors (Lipinski definition) is 1. The number of halogens is 1. The van der Waals surface area contributed by atoms with Crippen molar-refractivity contribution in [3.05, 3.63) is 29.6 Å². The Morgan fingerprint density at radius 3 is 2.76 bits per heavy atom. The molecule has 0 saturated carbocycles. The number of thiol groups is 1. The lowest BCUT2D eigenvalue weighted by atomic mass is 10.2. The van der Waals surface area contributed by atoms with Crippen molar-refractivity contribution in [1.29, 1.82) is 0 Å². The van der Waals surface area contributed by atoms with Crippen LogP contribution in [0.2, 0.25) is 0 Å². The maximum atomic E-state index is 13.4. The minimum absolute atomic E-state index is 0.00349. The van der Waals surface area contributed by atoms with Crippen LogP contribution in [0.5, 0.6) is 5.75 Å². The molecule has 0 aliphatic heterocycles. The lowest BCUT2D eigenvalue weighted by Gasteiger charge is -2.17. The summed E-state index contributed by atoms with van der Waals surface area (Å²) >= 11 is 4.00. The molecule has 17 heavy (non-hydrogen) atoms. The number of methoxy groups -OCH3 is 1. The van der Waals surface area contributed by atoms with E-state index in [1.807, 2.05) is 0 Å². The van der Waals surface area contributed by atoms with Gasteiger partial charge in [0, 0.05) is 20.0 Å². The van der Waals surface area contributed by atoms with Gasteiger partial charge >= 0.3 is 0 Å². The second kappa shape index (κ2) is 6.49. The predicted molar refractivity (Wildman–Crippen MR) is 67.9 cm³/mol. The molecule has 0 aromatic heterocycles. The van der Waals surface area contributed by atoms with Gasteiger partial charge in [-0.1, -0.05) is 6.07 Å². The van der Waals surface area contributed by atoms with E-state index >= 15 is 0 Å². The van der Waals surface area contributed by atoms with Gasteiger partial charge in [0.1, 0.15) is 0 Å². The molecule has 1 rings (SSSR count). The molecule has 5 heteroatoms. The summed E-state index contributed by atoms with van der Waals surface area (Å²) in [6, 6.07) is 4.68. The third-order valence-electron chi connectivity index (χ3n) is 2.39. The number of rotatable bonds is 5. The number of ether oxygens (including phenoxy) is 1. The quantitative estimate of drug-likeness (QED) is 0.819. The predicted octanol–water partition coefficient (Wildman–Crippen LogP) is 2.11. The summed E-state index contributed by atoms with van der Waals surface area (Å²) in [7, 11) is 3.11. The topological polar surface area (TPSA) is 29.5 Å². The van der Waals surface area contributed by atoms with E-state index in [2.05, 4.69) is 12.6 Å². The van der Waals surface area contributed by atoms with E-state index in [9.17, 15) is 9.18 Å². The Bertz CT molecular complexity index is 398. The molecule has 0 aliphatic carbocycles. The molecule has 94 valence electrons. The number of nitrogens with zero attached hydrogens (tertiary/aromatic N) is 1. The molecule has 3 nitrogen and oxygen atoms in total. The normalized spacial score (nSPS) is 10.1. The van der Waals surface area contributed by atoms with Crippen LogP contribution >= 0.6 is 12.6 Å². The molecule has 0 spiro atoms. The van der Waals surface area contributed by atoms with Crippen LogP contribution in [0.4, 0.5) is 4.39 Å². The zero-order chi connectivity index (χ0) is 12.8. The fourth-order valence-corrected chi connectivity index (χ4v) is 1.65. The lowest BCUT2D eigenvalue weighted by Crippen LogP contribution is -2.26. The van der Waals surface area contributed by atoms with Gasteiger partial charge in [-0.05, 0) is 23.4 Å². The third kappa shape index (κ3) is 3.93. The summed E-state index contributed by atoms with van der Waals surface area (Å²) in [5.74, 6) is 0.300. The first-order chi connectivity index (χ1) is 8.08. The maximum absolute atomic E-state index is 13.4. The van der Waals surface area contributed by atoms with Crippen molar-refractivity contribution < 1.29 is 13.9 Å². The van der Waals surface area contributed by atoms with Gasteiger partial charge in [-0.3, -0.25) is 4.79 Å². The second-order valence-corrected chi connectivity index (χ2v) is 4.14. The van der Waals surface area contributed by atoms with Gasteiger partial charge in [0.2, 0.25) is 5.91 Å². The fourth-order valence-electron chi connectivity index (χ4n) is 1.46. The van der Waals surface area contributed by atoms with Crippen molar-refractivity contribution in [1.82, 2.24) is 4.90 Å². The van der Waals surface area contributed by atoms with Crippen molar-refractivity contribution in [2.45, 2.75) is 13.0 Å². The average molecular weight is 257 g/mol. The largest absolute Gasteiger partial charge is 0.494 e. The smallest absolute Gasteiger partial charge is 0.223 e. The molecule has 0 bridgehead atoms. The van der Waals surface area contributed by atoms with Gasteiger partial charge in [0.15, 0.2) is 11.6 Å². The first-order valence-corrected chi connectivity index (χ1v) is 5.89. The molecule has 0 aliphatic rings. The Hall–Kier alpha value is -1.23. The molecular weight excluding hydrogens is 241 g/mol. The fraction of sp³-hybridized carbons (Fsp3) is 0.417. The number of benzene rings is 1. The van der Waals surface area contributed by atoms with Crippen molar-refractivity contribution in [2.24, 2.45) is 0 Å². The molecule has 0 atom stereocenters. The number of carbonyl (C=O) groups excluding carboxylic acids is 1. The number of amides is 1. The monoisotopic (exact) mass is 257 g/mol. The van der Waals surface area contributed by atoms with Crippen LogP contribution in [0.15, 0.2) is 18.2 Å². The lowest BCUT2D eigenvalue weighted by molar-refractivity contribution is -0.129. The second-order valence-electron chi connectivity index (χ2n) is 3.69. The van der Waals surface area contributed by atoms with Gasteiger partial charge in [0.25, 0.3) is 0 Å². The zero-order valence-electron chi connectivity index (χ0n) is 9.94. The van der Waals surface area contributed by atoms with Crippen LogP contribution in [0.1, 0.15) is 12.0 Å². The van der Waals surface area contributed by atoms with Crippen molar-refractivity contribution >= 4 is 18.5 Å². The summed E-state index contributed by atoms with van der Waals surface area (Å²) in [5.41, 5.74) is 0.735. The molecule has 1 aromatic rings. The summed E-state index contributed by atoms with van der Waals surface area (Å²) in [4.78, 5) is 13.1. The van der Waals surface area contributed by atoms with Crippen LogP contribution in [-0.2, 0) is 11.3 Å². The Kier molecular flexibility index (Phi) is 5.28. The van der Waals surface area contributed by atoms with Crippen LogP contribution in [0.3, 0.4) is 0 Å².